The molecule has 3 aliphatic carbocycles. The number of halogens is 2. The highest BCUT2D eigenvalue weighted by atomic mass is 35.5. The Balaban J connectivity index is 1.38. The van der Waals surface area contributed by atoms with Crippen LogP contribution in [-0.2, 0) is 24.1 Å². The van der Waals surface area contributed by atoms with Crippen molar-refractivity contribution in [2.45, 2.75) is 29.6 Å². The number of alkyl halides is 2. The molecule has 3 atom stereocenters. The summed E-state index contributed by atoms with van der Waals surface area (Å²) in [4.78, 5) is 39.7. The van der Waals surface area contributed by atoms with Crippen LogP contribution in [0, 0.1) is 11.8 Å². The minimum absolute atomic E-state index is 0.487. The Morgan fingerprint density at radius 1 is 0.865 bits per heavy atom. The number of imide groups is 1. The first-order chi connectivity index (χ1) is 17.7. The van der Waals surface area contributed by atoms with E-state index in [0.717, 1.165) is 27.2 Å². The smallest absolute Gasteiger partial charge is 0.247 e. The van der Waals surface area contributed by atoms with E-state index in [-0.39, 0.29) is 0 Å². The van der Waals surface area contributed by atoms with Crippen LogP contribution in [0.1, 0.15) is 36.1 Å². The first kappa shape index (κ1) is 24.0. The second-order valence-electron chi connectivity index (χ2n) is 9.64. The summed E-state index contributed by atoms with van der Waals surface area (Å²) in [6.07, 6.45) is 0. The monoisotopic (exact) mass is 534 g/mol. The van der Waals surface area contributed by atoms with Gasteiger partial charge in [0.2, 0.25) is 17.7 Å². The predicted octanol–water partition coefficient (Wildman–Crippen LogP) is 5.01. The molecule has 0 radical (unpaired) electrons. The number of hydrogen-bond donors (Lipinski definition) is 1. The van der Waals surface area contributed by atoms with Crippen molar-refractivity contribution in [1.82, 2.24) is 4.90 Å². The van der Waals surface area contributed by atoms with Crippen molar-refractivity contribution in [3.63, 3.8) is 0 Å². The van der Waals surface area contributed by atoms with Gasteiger partial charge in [-0.1, -0.05) is 48.5 Å². The van der Waals surface area contributed by atoms with E-state index in [2.05, 4.69) is 5.32 Å². The number of hydrogen-bond acceptors (Lipinski definition) is 4. The van der Waals surface area contributed by atoms with Crippen molar-refractivity contribution >= 4 is 46.6 Å². The average Bonchev–Trinajstić information content (AvgIpc) is 3.19. The summed E-state index contributed by atoms with van der Waals surface area (Å²) >= 11 is 14.9. The van der Waals surface area contributed by atoms with Gasteiger partial charge in [0.1, 0.15) is 21.5 Å². The molecule has 7 rings (SSSR count). The van der Waals surface area contributed by atoms with Crippen LogP contribution in [0.5, 0.6) is 5.75 Å². The molecule has 1 fully saturated rings. The number of carbonyl (C=O) groups excluding carboxylic acids is 3. The summed E-state index contributed by atoms with van der Waals surface area (Å²) < 4.78 is 5.44. The zero-order valence-corrected chi connectivity index (χ0v) is 21.7. The number of benzene rings is 3. The first-order valence-corrected chi connectivity index (χ1v) is 13.0. The Kier molecular flexibility index (Phi) is 5.41. The molecule has 4 aliphatic rings. The third-order valence-electron chi connectivity index (χ3n) is 7.82. The van der Waals surface area contributed by atoms with Crippen molar-refractivity contribution in [2.24, 2.45) is 11.8 Å². The number of nitrogens with zero attached hydrogens (tertiary/aromatic N) is 1. The van der Waals surface area contributed by atoms with Gasteiger partial charge in [-0.25, -0.2) is 0 Å². The van der Waals surface area contributed by atoms with Crippen LogP contribution in [0.2, 0.25) is 0 Å². The van der Waals surface area contributed by atoms with Gasteiger partial charge < -0.3 is 10.1 Å². The van der Waals surface area contributed by atoms with Gasteiger partial charge >= 0.3 is 0 Å². The Morgan fingerprint density at radius 3 is 1.70 bits per heavy atom. The normalized spacial score (nSPS) is 27.8. The number of amides is 3. The molecule has 3 aromatic rings. The molecular formula is C29H24Cl2N2O4. The van der Waals surface area contributed by atoms with Gasteiger partial charge in [-0.15, -0.1) is 23.2 Å². The molecule has 1 saturated heterocycles. The maximum Gasteiger partial charge on any atom is 0.247 e. The van der Waals surface area contributed by atoms with E-state index in [1.54, 1.807) is 31.2 Å². The summed E-state index contributed by atoms with van der Waals surface area (Å²) in [7, 11) is 0. The van der Waals surface area contributed by atoms with E-state index in [9.17, 15) is 14.4 Å². The molecule has 1 heterocycles. The fraction of sp³-hybridized carbons (Fsp3) is 0.276. The average molecular weight is 535 g/mol. The van der Waals surface area contributed by atoms with Gasteiger partial charge in [-0.2, -0.15) is 0 Å². The number of nitrogens with one attached hydrogen (secondary N) is 1. The highest BCUT2D eigenvalue weighted by molar-refractivity contribution is 6.36. The van der Waals surface area contributed by atoms with E-state index in [1.807, 2.05) is 55.5 Å². The fourth-order valence-electron chi connectivity index (χ4n) is 6.24. The van der Waals surface area contributed by atoms with Gasteiger partial charge in [0.15, 0.2) is 0 Å². The van der Waals surface area contributed by atoms with E-state index in [4.69, 9.17) is 27.9 Å². The van der Waals surface area contributed by atoms with Crippen LogP contribution in [0.25, 0.3) is 0 Å². The quantitative estimate of drug-likeness (QED) is 0.369. The Bertz CT molecular complexity index is 1330. The zero-order chi connectivity index (χ0) is 26.1. The molecule has 2 bridgehead atoms. The van der Waals surface area contributed by atoms with Gasteiger partial charge in [0.25, 0.3) is 0 Å². The molecule has 3 aromatic carbocycles. The highest BCUT2D eigenvalue weighted by Crippen LogP contribution is 2.69. The van der Waals surface area contributed by atoms with Gasteiger partial charge in [0.05, 0.1) is 18.4 Å². The second-order valence-corrected chi connectivity index (χ2v) is 10.8. The van der Waals surface area contributed by atoms with Crippen molar-refractivity contribution in [1.29, 1.82) is 0 Å². The predicted molar refractivity (Wildman–Crippen MR) is 141 cm³/mol. The van der Waals surface area contributed by atoms with Crippen molar-refractivity contribution in [2.75, 3.05) is 11.9 Å². The number of likely N-dealkylation sites (tertiary alicyclic amines) is 1. The molecule has 1 aliphatic heterocycles. The molecule has 8 heteroatoms. The Morgan fingerprint density at radius 2 is 1.30 bits per heavy atom. The lowest BCUT2D eigenvalue weighted by molar-refractivity contribution is -0.146. The van der Waals surface area contributed by atoms with Gasteiger partial charge in [-0.3, -0.25) is 19.3 Å². The molecule has 37 heavy (non-hydrogen) atoms. The summed E-state index contributed by atoms with van der Waals surface area (Å²) in [6, 6.07) is 20.7. The number of carbonyl (C=O) groups is 3. The molecule has 1 N–H and O–H groups in total. The molecule has 0 spiro atoms. The van der Waals surface area contributed by atoms with Crippen LogP contribution >= 0.6 is 23.2 Å². The molecule has 0 saturated carbocycles. The summed E-state index contributed by atoms with van der Waals surface area (Å²) in [6.45, 7) is 3.96. The summed E-state index contributed by atoms with van der Waals surface area (Å²) in [5.74, 6) is -2.67. The molecule has 0 aromatic heterocycles. The topological polar surface area (TPSA) is 75.7 Å². The minimum Gasteiger partial charge on any atom is -0.494 e. The van der Waals surface area contributed by atoms with Crippen LogP contribution in [0.4, 0.5) is 5.69 Å². The summed E-state index contributed by atoms with van der Waals surface area (Å²) in [5, 5.41) is 2.80. The first-order valence-electron chi connectivity index (χ1n) is 12.2. The highest BCUT2D eigenvalue weighted by Gasteiger charge is 2.73. The third-order valence-corrected chi connectivity index (χ3v) is 9.10. The molecule has 3 amide bonds. The lowest BCUT2D eigenvalue weighted by Crippen LogP contribution is -2.57. The SMILES string of the molecule is CCOc1ccc(NC(=O)[C@H](C)N2C(=O)[C@H]3[C@H](C2=O)C2(Cl)c4ccccc4C3(Cl)c3ccccc32)cc1. The maximum absolute atomic E-state index is 14.0. The van der Waals surface area contributed by atoms with Crippen LogP contribution in [-0.4, -0.2) is 35.3 Å². The van der Waals surface area contributed by atoms with E-state index in [0.29, 0.717) is 18.0 Å². The molecule has 6 nitrogen and oxygen atoms in total. The van der Waals surface area contributed by atoms with E-state index < -0.39 is 45.3 Å². The van der Waals surface area contributed by atoms with Gasteiger partial charge in [0, 0.05) is 5.69 Å². The molecule has 0 unspecified atom stereocenters. The van der Waals surface area contributed by atoms with Crippen molar-refractivity contribution in [3.05, 3.63) is 95.1 Å². The molecular weight excluding hydrogens is 511 g/mol. The third kappa shape index (κ3) is 3.09. The van der Waals surface area contributed by atoms with Crippen LogP contribution in [0.15, 0.2) is 72.8 Å². The maximum atomic E-state index is 14.0. The largest absolute Gasteiger partial charge is 0.494 e. The fourth-order valence-corrected chi connectivity index (χ4v) is 7.33. The lowest BCUT2D eigenvalue weighted by Gasteiger charge is -2.54. The van der Waals surface area contributed by atoms with E-state index >= 15 is 0 Å². The van der Waals surface area contributed by atoms with Crippen molar-refractivity contribution < 1.29 is 19.1 Å². The van der Waals surface area contributed by atoms with Gasteiger partial charge in [-0.05, 0) is 60.4 Å². The lowest BCUT2D eigenvalue weighted by atomic mass is 9.54. The van der Waals surface area contributed by atoms with E-state index in [1.165, 1.54) is 0 Å². The Labute approximate surface area is 224 Å². The second kappa shape index (κ2) is 8.33. The number of rotatable bonds is 5. The molecule has 188 valence electrons. The van der Waals surface area contributed by atoms with Crippen LogP contribution in [0.3, 0.4) is 0 Å². The number of ether oxygens (including phenoxy) is 1. The zero-order valence-electron chi connectivity index (χ0n) is 20.2. The standard InChI is InChI=1S/C29H24Cl2N2O4/c1-3-37-18-14-12-17(13-15-18)32-25(34)16(2)33-26(35)23-24(27(33)36)29(31)20-9-5-4-8-19(20)28(23,30)21-10-6-7-11-22(21)29/h4-16,23-24H,3H2,1-2H3,(H,32,34)/t16-,23+,24+,28?,29?/m0/s1. The summed E-state index contributed by atoms with van der Waals surface area (Å²) in [5.41, 5.74) is 3.42. The van der Waals surface area contributed by atoms with Crippen molar-refractivity contribution in [3.8, 4) is 5.75 Å². The Hall–Kier alpha value is -3.35. The number of anilines is 1. The van der Waals surface area contributed by atoms with Crippen LogP contribution < -0.4 is 10.1 Å². The minimum atomic E-state index is -1.28.